The minimum Gasteiger partial charge on any atom is -0.390 e. The van der Waals surface area contributed by atoms with E-state index in [-0.39, 0.29) is 21.9 Å². The number of likely N-dealkylation sites (tertiary alicyclic amines) is 1. The Balaban J connectivity index is 1.23. The molecule has 3 aromatic carbocycles. The van der Waals surface area contributed by atoms with Crippen molar-refractivity contribution in [3.8, 4) is 0 Å². The lowest BCUT2D eigenvalue weighted by Crippen LogP contribution is -2.46. The third-order valence-electron chi connectivity index (χ3n) is 9.14. The molecule has 1 saturated heterocycles. The molecule has 1 aliphatic heterocycles. The largest absolute Gasteiger partial charge is 0.390 e. The second-order valence-electron chi connectivity index (χ2n) is 11.7. The Morgan fingerprint density at radius 1 is 0.925 bits per heavy atom. The number of hydrogen-bond acceptors (Lipinski definition) is 4. The van der Waals surface area contributed by atoms with Crippen molar-refractivity contribution in [3.05, 3.63) is 101 Å². The van der Waals surface area contributed by atoms with Gasteiger partial charge in [0.05, 0.1) is 10.6 Å². The summed E-state index contributed by atoms with van der Waals surface area (Å²) in [6, 6.07) is 27.6. The molecule has 1 unspecified atom stereocenters. The Morgan fingerprint density at radius 3 is 2.23 bits per heavy atom. The lowest BCUT2D eigenvalue weighted by atomic mass is 9.84. The molecule has 0 aromatic heterocycles. The van der Waals surface area contributed by atoms with Crippen LogP contribution in [-0.2, 0) is 16.4 Å². The maximum absolute atomic E-state index is 13.5. The summed E-state index contributed by atoms with van der Waals surface area (Å²) in [5, 5.41) is 11.5. The molecular formula is C33H41ClN2O3S. The molecule has 0 bridgehead atoms. The first-order valence-corrected chi connectivity index (χ1v) is 16.3. The van der Waals surface area contributed by atoms with Crippen LogP contribution in [0, 0.1) is 5.92 Å². The molecule has 214 valence electrons. The monoisotopic (exact) mass is 580 g/mol. The Bertz CT molecular complexity index is 1340. The summed E-state index contributed by atoms with van der Waals surface area (Å²) in [5.41, 5.74) is 2.01. The smallest absolute Gasteiger partial charge is 0.244 e. The van der Waals surface area contributed by atoms with E-state index in [9.17, 15) is 13.5 Å². The second-order valence-corrected chi connectivity index (χ2v) is 14.1. The fourth-order valence-corrected chi connectivity index (χ4v) is 8.58. The van der Waals surface area contributed by atoms with Crippen molar-refractivity contribution < 1.29 is 13.5 Å². The zero-order valence-corrected chi connectivity index (χ0v) is 24.9. The maximum Gasteiger partial charge on any atom is 0.244 e. The highest BCUT2D eigenvalue weighted by atomic mass is 35.5. The summed E-state index contributed by atoms with van der Waals surface area (Å²) in [4.78, 5) is 2.65. The first-order chi connectivity index (χ1) is 19.2. The summed E-state index contributed by atoms with van der Waals surface area (Å²) in [6.07, 6.45) is 5.98. The van der Waals surface area contributed by atoms with Crippen LogP contribution in [0.15, 0.2) is 89.8 Å². The van der Waals surface area contributed by atoms with Gasteiger partial charge in [0.15, 0.2) is 0 Å². The SMILES string of the molecule is CN(C1C[C@H](CN2CCC(O)(CCCc3ccccc3)CC2)[C@@H](c2ccccc2)C1)S(=O)(=O)c1ccccc1Cl. The average Bonchev–Trinajstić information content (AvgIpc) is 3.38. The van der Waals surface area contributed by atoms with Crippen molar-refractivity contribution in [2.45, 2.75) is 67.4 Å². The number of sulfonamides is 1. The molecule has 7 heteroatoms. The van der Waals surface area contributed by atoms with E-state index in [1.807, 2.05) is 12.1 Å². The lowest BCUT2D eigenvalue weighted by molar-refractivity contribution is -0.0318. The number of rotatable bonds is 10. The van der Waals surface area contributed by atoms with Gasteiger partial charge in [-0.3, -0.25) is 0 Å². The molecular weight excluding hydrogens is 540 g/mol. The number of piperidine rings is 1. The number of aryl methyl sites for hydroxylation is 1. The minimum atomic E-state index is -3.70. The van der Waals surface area contributed by atoms with Gasteiger partial charge in [-0.15, -0.1) is 0 Å². The lowest BCUT2D eigenvalue weighted by Gasteiger charge is -2.40. The molecule has 2 aliphatic rings. The molecule has 2 fully saturated rings. The Kier molecular flexibility index (Phi) is 9.33. The normalized spacial score (nSPS) is 23.4. The maximum atomic E-state index is 13.5. The van der Waals surface area contributed by atoms with E-state index < -0.39 is 15.6 Å². The molecule has 1 saturated carbocycles. The van der Waals surface area contributed by atoms with Gasteiger partial charge in [0.2, 0.25) is 10.0 Å². The number of nitrogens with zero attached hydrogens (tertiary/aromatic N) is 2. The third kappa shape index (κ3) is 6.80. The second kappa shape index (κ2) is 12.7. The topological polar surface area (TPSA) is 60.9 Å². The molecule has 0 amide bonds. The molecule has 0 spiro atoms. The van der Waals surface area contributed by atoms with Gasteiger partial charge in [0.1, 0.15) is 4.90 Å². The fraction of sp³-hybridized carbons (Fsp3) is 0.455. The van der Waals surface area contributed by atoms with Crippen LogP contribution in [0.1, 0.15) is 55.6 Å². The van der Waals surface area contributed by atoms with Crippen LogP contribution in [0.25, 0.3) is 0 Å². The summed E-state index contributed by atoms with van der Waals surface area (Å²) in [5.74, 6) is 0.613. The molecule has 5 rings (SSSR count). The molecule has 3 aromatic rings. The van der Waals surface area contributed by atoms with Crippen LogP contribution in [0.3, 0.4) is 0 Å². The van der Waals surface area contributed by atoms with Crippen molar-refractivity contribution in [2.75, 3.05) is 26.7 Å². The molecule has 1 aliphatic carbocycles. The number of benzene rings is 3. The van der Waals surface area contributed by atoms with E-state index in [2.05, 4.69) is 53.4 Å². The van der Waals surface area contributed by atoms with Gasteiger partial charge in [0, 0.05) is 32.7 Å². The van der Waals surface area contributed by atoms with Crippen LogP contribution >= 0.6 is 11.6 Å². The predicted molar refractivity (Wildman–Crippen MR) is 162 cm³/mol. The van der Waals surface area contributed by atoms with Gasteiger partial charge >= 0.3 is 0 Å². The van der Waals surface area contributed by atoms with E-state index in [4.69, 9.17) is 11.6 Å². The van der Waals surface area contributed by atoms with Crippen molar-refractivity contribution in [2.24, 2.45) is 5.92 Å². The van der Waals surface area contributed by atoms with Gasteiger partial charge in [-0.25, -0.2) is 8.42 Å². The van der Waals surface area contributed by atoms with Crippen molar-refractivity contribution in [1.82, 2.24) is 9.21 Å². The standard InChI is InChI=1S/C33H41ClN2O3S/c1-35(40(38,39)32-17-9-8-16-31(32)34)29-23-28(30(24-29)27-14-6-3-7-15-27)25-36-21-19-33(37,20-22-36)18-10-13-26-11-4-2-5-12-26/h2-9,11-12,14-17,28-30,37H,10,13,18-25H2,1H3/t28-,29?,30-/m1/s1. The van der Waals surface area contributed by atoms with E-state index in [0.29, 0.717) is 5.92 Å². The summed E-state index contributed by atoms with van der Waals surface area (Å²) >= 11 is 6.29. The van der Waals surface area contributed by atoms with Crippen LogP contribution in [-0.4, -0.2) is 61.1 Å². The number of hydrogen-bond donors (Lipinski definition) is 1. The third-order valence-corrected chi connectivity index (χ3v) is 11.5. The highest BCUT2D eigenvalue weighted by Crippen LogP contribution is 2.44. The quantitative estimate of drug-likeness (QED) is 0.303. The van der Waals surface area contributed by atoms with Crippen molar-refractivity contribution in [3.63, 3.8) is 0 Å². The summed E-state index contributed by atoms with van der Waals surface area (Å²) in [7, 11) is -2.01. The van der Waals surface area contributed by atoms with E-state index in [1.54, 1.807) is 35.6 Å². The Hall–Kier alpha value is -2.22. The molecule has 1 N–H and O–H groups in total. The highest BCUT2D eigenvalue weighted by Gasteiger charge is 2.42. The van der Waals surface area contributed by atoms with E-state index in [1.165, 1.54) is 11.1 Å². The summed E-state index contributed by atoms with van der Waals surface area (Å²) < 4.78 is 28.6. The Morgan fingerprint density at radius 2 is 1.55 bits per heavy atom. The molecule has 3 atom stereocenters. The first-order valence-electron chi connectivity index (χ1n) is 14.5. The Labute approximate surface area is 244 Å². The highest BCUT2D eigenvalue weighted by molar-refractivity contribution is 7.89. The number of aliphatic hydroxyl groups is 1. The average molecular weight is 581 g/mol. The fourth-order valence-electron chi connectivity index (χ4n) is 6.71. The zero-order valence-electron chi connectivity index (χ0n) is 23.3. The van der Waals surface area contributed by atoms with Crippen LogP contribution in [0.5, 0.6) is 0 Å². The van der Waals surface area contributed by atoms with Gasteiger partial charge in [-0.1, -0.05) is 84.4 Å². The van der Waals surface area contributed by atoms with Crippen molar-refractivity contribution >= 4 is 21.6 Å². The van der Waals surface area contributed by atoms with E-state index >= 15 is 0 Å². The zero-order chi connectivity index (χ0) is 28.2. The first kappa shape index (κ1) is 29.3. The van der Waals surface area contributed by atoms with Gasteiger partial charge in [-0.05, 0) is 80.0 Å². The van der Waals surface area contributed by atoms with Crippen LogP contribution < -0.4 is 0 Å². The predicted octanol–water partition coefficient (Wildman–Crippen LogP) is 6.37. The molecule has 5 nitrogen and oxygen atoms in total. The van der Waals surface area contributed by atoms with Gasteiger partial charge < -0.3 is 10.0 Å². The van der Waals surface area contributed by atoms with Gasteiger partial charge in [-0.2, -0.15) is 4.31 Å². The minimum absolute atomic E-state index is 0.101. The number of halogens is 1. The van der Waals surface area contributed by atoms with Crippen LogP contribution in [0.4, 0.5) is 0 Å². The van der Waals surface area contributed by atoms with E-state index in [0.717, 1.165) is 64.6 Å². The molecule has 1 heterocycles. The van der Waals surface area contributed by atoms with Crippen molar-refractivity contribution in [1.29, 1.82) is 0 Å². The van der Waals surface area contributed by atoms with Crippen LogP contribution in [0.2, 0.25) is 5.02 Å². The summed E-state index contributed by atoms with van der Waals surface area (Å²) in [6.45, 7) is 2.66. The molecule has 40 heavy (non-hydrogen) atoms. The molecule has 0 radical (unpaired) electrons. The van der Waals surface area contributed by atoms with Gasteiger partial charge in [0.25, 0.3) is 0 Å².